The molecule has 2 aromatic rings. The van der Waals surface area contributed by atoms with Crippen LogP contribution >= 0.6 is 0 Å². The monoisotopic (exact) mass is 353 g/mol. The van der Waals surface area contributed by atoms with Gasteiger partial charge in [0.1, 0.15) is 11.5 Å². The highest BCUT2D eigenvalue weighted by atomic mass is 16.5. The smallest absolute Gasteiger partial charge is 0.265 e. The molecule has 0 spiro atoms. The summed E-state index contributed by atoms with van der Waals surface area (Å²) in [5.41, 5.74) is 2.80. The van der Waals surface area contributed by atoms with Gasteiger partial charge in [-0.25, -0.2) is 0 Å². The van der Waals surface area contributed by atoms with E-state index in [-0.39, 0.29) is 5.91 Å². The molecule has 1 fully saturated rings. The standard InChI is InChI=1S/C20H23N3O3/c1-14-20(25)21-16-12-15(6-7-19(16)26-14)13-22-8-10-23(11-9-22)17-4-2-3-5-18(17)24/h2-7,12,14,24H,8-11,13H2,1H3,(H,21,25). The summed E-state index contributed by atoms with van der Waals surface area (Å²) in [7, 11) is 0. The van der Waals surface area contributed by atoms with Crippen molar-refractivity contribution in [1.82, 2.24) is 4.90 Å². The number of nitrogens with zero attached hydrogens (tertiary/aromatic N) is 2. The number of carbonyl (C=O) groups excluding carboxylic acids is 1. The summed E-state index contributed by atoms with van der Waals surface area (Å²) in [5, 5.41) is 12.9. The molecular weight excluding hydrogens is 330 g/mol. The second-order valence-electron chi connectivity index (χ2n) is 6.83. The number of piperazine rings is 1. The van der Waals surface area contributed by atoms with Crippen LogP contribution in [0.5, 0.6) is 11.5 Å². The Balaban J connectivity index is 1.38. The number of aromatic hydroxyl groups is 1. The van der Waals surface area contributed by atoms with E-state index in [0.717, 1.165) is 55.4 Å². The van der Waals surface area contributed by atoms with Crippen LogP contribution in [0.2, 0.25) is 0 Å². The van der Waals surface area contributed by atoms with Gasteiger partial charge in [-0.05, 0) is 36.8 Å². The van der Waals surface area contributed by atoms with Crippen LogP contribution in [0.1, 0.15) is 12.5 Å². The molecule has 0 aliphatic carbocycles. The molecule has 0 bridgehead atoms. The van der Waals surface area contributed by atoms with E-state index in [2.05, 4.69) is 21.2 Å². The molecule has 2 heterocycles. The van der Waals surface area contributed by atoms with Gasteiger partial charge in [0.05, 0.1) is 11.4 Å². The topological polar surface area (TPSA) is 65.0 Å². The summed E-state index contributed by atoms with van der Waals surface area (Å²) in [6.45, 7) is 6.17. The van der Waals surface area contributed by atoms with Crippen molar-refractivity contribution in [3.05, 3.63) is 48.0 Å². The predicted molar refractivity (Wildman–Crippen MR) is 101 cm³/mol. The number of benzene rings is 2. The second kappa shape index (κ2) is 6.88. The Labute approximate surface area is 153 Å². The van der Waals surface area contributed by atoms with Crippen LogP contribution in [0.4, 0.5) is 11.4 Å². The Morgan fingerprint density at radius 3 is 2.69 bits per heavy atom. The van der Waals surface area contributed by atoms with Crippen molar-refractivity contribution in [2.75, 3.05) is 36.4 Å². The van der Waals surface area contributed by atoms with Crippen LogP contribution in [0, 0.1) is 0 Å². The minimum absolute atomic E-state index is 0.106. The van der Waals surface area contributed by atoms with Crippen LogP contribution in [-0.4, -0.2) is 48.2 Å². The Morgan fingerprint density at radius 2 is 1.92 bits per heavy atom. The second-order valence-corrected chi connectivity index (χ2v) is 6.83. The van der Waals surface area contributed by atoms with Gasteiger partial charge < -0.3 is 20.1 Å². The maximum absolute atomic E-state index is 11.8. The molecule has 1 unspecified atom stereocenters. The van der Waals surface area contributed by atoms with Gasteiger partial charge in [-0.3, -0.25) is 9.69 Å². The van der Waals surface area contributed by atoms with Gasteiger partial charge in [0.15, 0.2) is 6.10 Å². The zero-order chi connectivity index (χ0) is 18.1. The van der Waals surface area contributed by atoms with Gasteiger partial charge in [0.2, 0.25) is 0 Å². The van der Waals surface area contributed by atoms with Gasteiger partial charge >= 0.3 is 0 Å². The largest absolute Gasteiger partial charge is 0.506 e. The fourth-order valence-corrected chi connectivity index (χ4v) is 3.49. The Kier molecular flexibility index (Phi) is 4.42. The van der Waals surface area contributed by atoms with Crippen LogP contribution in [0.25, 0.3) is 0 Å². The van der Waals surface area contributed by atoms with E-state index in [1.165, 1.54) is 0 Å². The molecule has 1 amide bonds. The Bertz CT molecular complexity index is 816. The molecule has 2 N–H and O–H groups in total. The maximum atomic E-state index is 11.8. The number of amides is 1. The first-order chi connectivity index (χ1) is 12.6. The predicted octanol–water partition coefficient (Wildman–Crippen LogP) is 2.43. The third-order valence-corrected chi connectivity index (χ3v) is 4.98. The number of nitrogens with one attached hydrogen (secondary N) is 1. The van der Waals surface area contributed by atoms with Gasteiger partial charge in [-0.2, -0.15) is 0 Å². The summed E-state index contributed by atoms with van der Waals surface area (Å²) < 4.78 is 5.61. The highest BCUT2D eigenvalue weighted by Gasteiger charge is 2.24. The van der Waals surface area contributed by atoms with E-state index in [0.29, 0.717) is 5.75 Å². The number of carbonyl (C=O) groups is 1. The molecule has 136 valence electrons. The third-order valence-electron chi connectivity index (χ3n) is 4.98. The van der Waals surface area contributed by atoms with E-state index < -0.39 is 6.10 Å². The molecule has 0 aromatic heterocycles. The lowest BCUT2D eigenvalue weighted by molar-refractivity contribution is -0.122. The van der Waals surface area contributed by atoms with Gasteiger partial charge in [-0.1, -0.05) is 18.2 Å². The number of fused-ring (bicyclic) bond motifs is 1. The lowest BCUT2D eigenvalue weighted by atomic mass is 10.1. The summed E-state index contributed by atoms with van der Waals surface area (Å²) >= 11 is 0. The number of hydrogen-bond acceptors (Lipinski definition) is 5. The zero-order valence-corrected chi connectivity index (χ0v) is 14.8. The van der Waals surface area contributed by atoms with E-state index in [1.807, 2.05) is 30.3 Å². The lowest BCUT2D eigenvalue weighted by Crippen LogP contribution is -2.46. The molecule has 2 aliphatic rings. The minimum Gasteiger partial charge on any atom is -0.506 e. The molecule has 1 saturated heterocycles. The van der Waals surface area contributed by atoms with Crippen molar-refractivity contribution in [2.45, 2.75) is 19.6 Å². The van der Waals surface area contributed by atoms with Crippen LogP contribution in [-0.2, 0) is 11.3 Å². The van der Waals surface area contributed by atoms with Crippen molar-refractivity contribution < 1.29 is 14.6 Å². The molecule has 6 nitrogen and oxygen atoms in total. The molecule has 0 saturated carbocycles. The number of phenols is 1. The number of anilines is 2. The van der Waals surface area contributed by atoms with Crippen molar-refractivity contribution in [1.29, 1.82) is 0 Å². The number of rotatable bonds is 3. The van der Waals surface area contributed by atoms with Crippen LogP contribution in [0.3, 0.4) is 0 Å². The SMILES string of the molecule is CC1Oc2ccc(CN3CCN(c4ccccc4O)CC3)cc2NC1=O. The average molecular weight is 353 g/mol. The van der Waals surface area contributed by atoms with Crippen molar-refractivity contribution in [3.63, 3.8) is 0 Å². The van der Waals surface area contributed by atoms with Crippen molar-refractivity contribution in [3.8, 4) is 11.5 Å². The third kappa shape index (κ3) is 3.32. The minimum atomic E-state index is -0.448. The van der Waals surface area contributed by atoms with Crippen molar-refractivity contribution in [2.24, 2.45) is 0 Å². The van der Waals surface area contributed by atoms with E-state index in [9.17, 15) is 9.90 Å². The zero-order valence-electron chi connectivity index (χ0n) is 14.8. The first-order valence-electron chi connectivity index (χ1n) is 8.96. The lowest BCUT2D eigenvalue weighted by Gasteiger charge is -2.36. The molecule has 1 atom stereocenters. The van der Waals surface area contributed by atoms with Gasteiger partial charge in [-0.15, -0.1) is 0 Å². The number of phenolic OH excluding ortho intramolecular Hbond substituents is 1. The average Bonchev–Trinajstić information content (AvgIpc) is 2.64. The van der Waals surface area contributed by atoms with Crippen LogP contribution < -0.4 is 15.0 Å². The summed E-state index contributed by atoms with van der Waals surface area (Å²) in [4.78, 5) is 16.4. The molecule has 0 radical (unpaired) electrons. The summed E-state index contributed by atoms with van der Waals surface area (Å²) in [5.74, 6) is 0.955. The van der Waals surface area contributed by atoms with E-state index in [1.54, 1.807) is 13.0 Å². The summed E-state index contributed by atoms with van der Waals surface area (Å²) in [6.07, 6.45) is -0.448. The highest BCUT2D eigenvalue weighted by molar-refractivity contribution is 5.97. The number of para-hydroxylation sites is 2. The number of ether oxygens (including phenoxy) is 1. The quantitative estimate of drug-likeness (QED) is 0.887. The molecule has 2 aliphatic heterocycles. The molecule has 2 aromatic carbocycles. The molecule has 4 rings (SSSR count). The number of hydrogen-bond donors (Lipinski definition) is 2. The molecule has 26 heavy (non-hydrogen) atoms. The maximum Gasteiger partial charge on any atom is 0.265 e. The Morgan fingerprint density at radius 1 is 1.15 bits per heavy atom. The highest BCUT2D eigenvalue weighted by Crippen LogP contribution is 2.31. The van der Waals surface area contributed by atoms with Gasteiger partial charge in [0.25, 0.3) is 5.91 Å². The van der Waals surface area contributed by atoms with E-state index >= 15 is 0 Å². The van der Waals surface area contributed by atoms with Crippen LogP contribution in [0.15, 0.2) is 42.5 Å². The molecule has 6 heteroatoms. The van der Waals surface area contributed by atoms with Gasteiger partial charge in [0, 0.05) is 32.7 Å². The Hall–Kier alpha value is -2.73. The normalized spacial score (nSPS) is 20.3. The van der Waals surface area contributed by atoms with E-state index in [4.69, 9.17) is 4.74 Å². The van der Waals surface area contributed by atoms with Crippen molar-refractivity contribution >= 4 is 17.3 Å². The summed E-state index contributed by atoms with van der Waals surface area (Å²) in [6, 6.07) is 13.5. The first-order valence-corrected chi connectivity index (χ1v) is 8.96. The molecular formula is C20H23N3O3. The fourth-order valence-electron chi connectivity index (χ4n) is 3.49. The first kappa shape index (κ1) is 16.7. The fraction of sp³-hybridized carbons (Fsp3) is 0.350.